The van der Waals surface area contributed by atoms with Crippen molar-refractivity contribution >= 4 is 11.5 Å². The molecule has 1 aliphatic heterocycles. The third kappa shape index (κ3) is 3.34. The molecule has 26 heavy (non-hydrogen) atoms. The van der Waals surface area contributed by atoms with Crippen molar-refractivity contribution in [2.45, 2.75) is 25.2 Å². The Labute approximate surface area is 152 Å². The second-order valence-electron chi connectivity index (χ2n) is 6.59. The number of anilines is 1. The first kappa shape index (κ1) is 16.4. The zero-order valence-corrected chi connectivity index (χ0v) is 14.6. The largest absolute Gasteiger partial charge is 0.469 e. The van der Waals surface area contributed by atoms with E-state index < -0.39 is 5.79 Å². The molecule has 0 saturated carbocycles. The number of nitrogens with zero attached hydrogens (tertiary/aromatic N) is 1. The van der Waals surface area contributed by atoms with E-state index in [1.165, 1.54) is 5.56 Å². The van der Waals surface area contributed by atoms with Crippen LogP contribution in [-0.2, 0) is 6.42 Å². The fourth-order valence-electron chi connectivity index (χ4n) is 3.22. The molecule has 0 spiro atoms. The van der Waals surface area contributed by atoms with Gasteiger partial charge in [0, 0.05) is 17.3 Å². The molecule has 2 heterocycles. The van der Waals surface area contributed by atoms with Gasteiger partial charge in [-0.25, -0.2) is 4.99 Å². The van der Waals surface area contributed by atoms with Crippen LogP contribution in [0.4, 0.5) is 5.69 Å². The molecule has 0 amide bonds. The van der Waals surface area contributed by atoms with Crippen molar-refractivity contribution in [3.63, 3.8) is 0 Å². The Balaban J connectivity index is 1.66. The molecule has 0 saturated heterocycles. The maximum Gasteiger partial charge on any atom is 0.191 e. The van der Waals surface area contributed by atoms with Gasteiger partial charge in [0.25, 0.3) is 0 Å². The van der Waals surface area contributed by atoms with Crippen LogP contribution in [-0.4, -0.2) is 11.6 Å². The Kier molecular flexibility index (Phi) is 4.22. The fourth-order valence-corrected chi connectivity index (χ4v) is 3.22. The number of para-hydroxylation sites is 1. The molecule has 4 rings (SSSR count). The van der Waals surface area contributed by atoms with Gasteiger partial charge in [-0.1, -0.05) is 42.5 Å². The summed E-state index contributed by atoms with van der Waals surface area (Å²) in [5.74, 6) is 0.605. The summed E-state index contributed by atoms with van der Waals surface area (Å²) in [4.78, 5) is 4.81. The second-order valence-corrected chi connectivity index (χ2v) is 6.59. The lowest BCUT2D eigenvalue weighted by Crippen LogP contribution is -2.52. The van der Waals surface area contributed by atoms with Crippen molar-refractivity contribution in [3.05, 3.63) is 89.9 Å². The molecule has 1 aromatic heterocycles. The van der Waals surface area contributed by atoms with E-state index in [1.54, 1.807) is 6.26 Å². The van der Waals surface area contributed by atoms with Gasteiger partial charge in [0.05, 0.1) is 12.7 Å². The number of aliphatic imine (C=N–C) groups is 1. The van der Waals surface area contributed by atoms with Gasteiger partial charge in [-0.15, -0.1) is 0 Å². The number of hydrogen-bond donors (Lipinski definition) is 3. The van der Waals surface area contributed by atoms with Crippen LogP contribution in [0.5, 0.6) is 0 Å². The van der Waals surface area contributed by atoms with Crippen LogP contribution in [0.2, 0.25) is 0 Å². The van der Waals surface area contributed by atoms with Crippen molar-refractivity contribution in [1.29, 1.82) is 0 Å². The van der Waals surface area contributed by atoms with Crippen LogP contribution in [0, 0.1) is 0 Å². The minimum Gasteiger partial charge on any atom is -0.469 e. The predicted octanol–water partition coefficient (Wildman–Crippen LogP) is 3.66. The maximum atomic E-state index is 6.57. The Bertz CT molecular complexity index is 905. The molecule has 0 fully saturated rings. The molecular formula is C21H22N4O. The minimum absolute atomic E-state index is 0.106. The van der Waals surface area contributed by atoms with Crippen molar-refractivity contribution < 1.29 is 4.42 Å². The maximum absolute atomic E-state index is 6.57. The summed E-state index contributed by atoms with van der Waals surface area (Å²) in [5, 5.41) is 6.87. The zero-order chi connectivity index (χ0) is 18.0. The molecule has 2 atom stereocenters. The smallest absolute Gasteiger partial charge is 0.191 e. The van der Waals surface area contributed by atoms with Gasteiger partial charge in [-0.05, 0) is 36.8 Å². The molecule has 0 bridgehead atoms. The highest BCUT2D eigenvalue weighted by molar-refractivity contribution is 6.05. The first-order valence-corrected chi connectivity index (χ1v) is 8.73. The number of nitrogens with two attached hydrogens (primary N) is 1. The number of nitrogens with one attached hydrogen (secondary N) is 2. The third-order valence-corrected chi connectivity index (χ3v) is 4.52. The molecule has 2 unspecified atom stereocenters. The van der Waals surface area contributed by atoms with Gasteiger partial charge in [0.1, 0.15) is 11.6 Å². The van der Waals surface area contributed by atoms with Crippen LogP contribution in [0.1, 0.15) is 29.9 Å². The molecule has 5 nitrogen and oxygen atoms in total. The summed E-state index contributed by atoms with van der Waals surface area (Å²) >= 11 is 0. The van der Waals surface area contributed by atoms with Gasteiger partial charge in [-0.2, -0.15) is 0 Å². The van der Waals surface area contributed by atoms with E-state index in [1.807, 2.05) is 54.6 Å². The summed E-state index contributed by atoms with van der Waals surface area (Å²) in [6.07, 6.45) is 2.11. The number of rotatable bonds is 4. The number of benzene rings is 2. The van der Waals surface area contributed by atoms with Crippen LogP contribution in [0.3, 0.4) is 0 Å². The molecule has 132 valence electrons. The average molecular weight is 346 g/mol. The van der Waals surface area contributed by atoms with E-state index >= 15 is 0 Å². The van der Waals surface area contributed by atoms with E-state index in [2.05, 4.69) is 29.7 Å². The zero-order valence-electron chi connectivity index (χ0n) is 14.6. The number of hydrogen-bond acceptors (Lipinski definition) is 5. The topological polar surface area (TPSA) is 75.6 Å². The first-order chi connectivity index (χ1) is 12.6. The summed E-state index contributed by atoms with van der Waals surface area (Å²) in [6, 6.07) is 22.2. The minimum atomic E-state index is -0.967. The van der Waals surface area contributed by atoms with Gasteiger partial charge >= 0.3 is 0 Å². The highest BCUT2D eigenvalue weighted by Gasteiger charge is 2.32. The predicted molar refractivity (Wildman–Crippen MR) is 104 cm³/mol. The van der Waals surface area contributed by atoms with Crippen molar-refractivity contribution in [2.75, 3.05) is 5.32 Å². The Morgan fingerprint density at radius 3 is 2.62 bits per heavy atom. The summed E-state index contributed by atoms with van der Waals surface area (Å²) in [7, 11) is 0. The normalized spacial score (nSPS) is 19.8. The molecule has 1 aliphatic rings. The SMILES string of the molecule is CC(NC1=NC(N)(Cc2ccco2)Nc2ccccc21)c1ccccc1. The summed E-state index contributed by atoms with van der Waals surface area (Å²) in [5.41, 5.74) is 9.73. The van der Waals surface area contributed by atoms with Gasteiger partial charge in [-0.3, -0.25) is 5.73 Å². The molecule has 4 N–H and O–H groups in total. The van der Waals surface area contributed by atoms with Crippen LogP contribution >= 0.6 is 0 Å². The molecule has 0 aliphatic carbocycles. The molecule has 3 aromatic rings. The standard InChI is InChI=1S/C21H22N4O/c1-15(16-8-3-2-4-9-16)23-20-18-11-5-6-12-19(18)24-21(22,25-20)14-17-10-7-13-26-17/h2-13,15,24H,14,22H2,1H3,(H,23,25). The van der Waals surface area contributed by atoms with Crippen molar-refractivity contribution in [2.24, 2.45) is 10.7 Å². The Morgan fingerprint density at radius 1 is 1.08 bits per heavy atom. The van der Waals surface area contributed by atoms with Crippen molar-refractivity contribution in [3.8, 4) is 0 Å². The Hall–Kier alpha value is -3.05. The molecule has 2 aromatic carbocycles. The lowest BCUT2D eigenvalue weighted by molar-refractivity contribution is 0.423. The monoisotopic (exact) mass is 346 g/mol. The molecule has 0 radical (unpaired) electrons. The lowest BCUT2D eigenvalue weighted by atomic mass is 10.0. The summed E-state index contributed by atoms with van der Waals surface area (Å²) < 4.78 is 5.47. The van der Waals surface area contributed by atoms with E-state index in [0.717, 1.165) is 22.8 Å². The van der Waals surface area contributed by atoms with Gasteiger partial charge < -0.3 is 15.1 Å². The van der Waals surface area contributed by atoms with Crippen LogP contribution in [0.25, 0.3) is 0 Å². The van der Waals surface area contributed by atoms with Gasteiger partial charge in [0.15, 0.2) is 5.79 Å². The van der Waals surface area contributed by atoms with E-state index in [9.17, 15) is 0 Å². The fraction of sp³-hybridized carbons (Fsp3) is 0.190. The molecule has 5 heteroatoms. The Morgan fingerprint density at radius 2 is 1.85 bits per heavy atom. The van der Waals surface area contributed by atoms with Gasteiger partial charge in [0.2, 0.25) is 0 Å². The van der Waals surface area contributed by atoms with Crippen molar-refractivity contribution in [1.82, 2.24) is 5.32 Å². The lowest BCUT2D eigenvalue weighted by Gasteiger charge is -2.34. The van der Waals surface area contributed by atoms with E-state index in [4.69, 9.17) is 15.1 Å². The highest BCUT2D eigenvalue weighted by atomic mass is 16.3. The highest BCUT2D eigenvalue weighted by Crippen LogP contribution is 2.28. The second kappa shape index (κ2) is 6.69. The van der Waals surface area contributed by atoms with E-state index in [-0.39, 0.29) is 6.04 Å². The molecular weight excluding hydrogens is 324 g/mol. The van der Waals surface area contributed by atoms with E-state index in [0.29, 0.717) is 6.42 Å². The van der Waals surface area contributed by atoms with Crippen LogP contribution in [0.15, 0.2) is 82.4 Å². The number of furan rings is 1. The average Bonchev–Trinajstić information content (AvgIpc) is 3.14. The quantitative estimate of drug-likeness (QED) is 0.674. The first-order valence-electron chi connectivity index (χ1n) is 8.73. The van der Waals surface area contributed by atoms with Crippen LogP contribution < -0.4 is 16.4 Å². The number of fused-ring (bicyclic) bond motifs is 1. The number of amidine groups is 1. The third-order valence-electron chi connectivity index (χ3n) is 4.52. The summed E-state index contributed by atoms with van der Waals surface area (Å²) in [6.45, 7) is 2.12.